The fourth-order valence-corrected chi connectivity index (χ4v) is 2.07. The Bertz CT molecular complexity index is 437. The highest BCUT2D eigenvalue weighted by molar-refractivity contribution is 5.68. The van der Waals surface area contributed by atoms with Crippen LogP contribution in [0.25, 0.3) is 0 Å². The molecule has 1 aromatic rings. The smallest absolute Gasteiger partial charge is 0.409 e. The van der Waals surface area contributed by atoms with Crippen LogP contribution in [0.15, 0.2) is 6.07 Å². The number of nitrogen functional groups attached to an aromatic ring is 1. The SMILES string of the molecule is CCOC(=O)N1CCN(c2cc(C)nc(N)n2)CC1. The standard InChI is InChI=1S/C12H19N5O2/c1-3-19-12(18)17-6-4-16(5-7-17)10-8-9(2)14-11(13)15-10/h8H,3-7H2,1-2H3,(H2,13,14,15). The normalized spacial score (nSPS) is 15.5. The first kappa shape index (κ1) is 13.4. The molecule has 0 radical (unpaired) electrons. The van der Waals surface area contributed by atoms with E-state index in [1.54, 1.807) is 11.8 Å². The summed E-state index contributed by atoms with van der Waals surface area (Å²) in [6.45, 7) is 6.78. The van der Waals surface area contributed by atoms with Crippen molar-refractivity contribution >= 4 is 17.9 Å². The van der Waals surface area contributed by atoms with Crippen LogP contribution in [0.3, 0.4) is 0 Å². The van der Waals surface area contributed by atoms with Gasteiger partial charge in [0.05, 0.1) is 6.61 Å². The van der Waals surface area contributed by atoms with Crippen LogP contribution in [0.2, 0.25) is 0 Å². The second kappa shape index (κ2) is 5.73. The van der Waals surface area contributed by atoms with E-state index in [0.717, 1.165) is 11.5 Å². The Morgan fingerprint density at radius 1 is 1.37 bits per heavy atom. The summed E-state index contributed by atoms with van der Waals surface area (Å²) in [6.07, 6.45) is -0.250. The van der Waals surface area contributed by atoms with Crippen molar-refractivity contribution in [2.75, 3.05) is 43.4 Å². The van der Waals surface area contributed by atoms with Gasteiger partial charge in [0.15, 0.2) is 0 Å². The molecule has 0 saturated carbocycles. The highest BCUT2D eigenvalue weighted by atomic mass is 16.6. The fraction of sp³-hybridized carbons (Fsp3) is 0.583. The van der Waals surface area contributed by atoms with E-state index in [4.69, 9.17) is 10.5 Å². The molecule has 0 aliphatic carbocycles. The summed E-state index contributed by atoms with van der Waals surface area (Å²) in [5.74, 6) is 1.09. The summed E-state index contributed by atoms with van der Waals surface area (Å²) in [6, 6.07) is 1.90. The quantitative estimate of drug-likeness (QED) is 0.845. The first-order chi connectivity index (χ1) is 9.10. The zero-order valence-electron chi connectivity index (χ0n) is 11.3. The van der Waals surface area contributed by atoms with Gasteiger partial charge >= 0.3 is 6.09 Å². The molecular weight excluding hydrogens is 246 g/mol. The van der Waals surface area contributed by atoms with Crippen LogP contribution in [0.5, 0.6) is 0 Å². The van der Waals surface area contributed by atoms with Crippen molar-refractivity contribution in [3.63, 3.8) is 0 Å². The summed E-state index contributed by atoms with van der Waals surface area (Å²) >= 11 is 0. The largest absolute Gasteiger partial charge is 0.450 e. The van der Waals surface area contributed by atoms with Gasteiger partial charge in [-0.3, -0.25) is 0 Å². The van der Waals surface area contributed by atoms with Gasteiger partial charge in [-0.05, 0) is 13.8 Å². The number of aryl methyl sites for hydroxylation is 1. The van der Waals surface area contributed by atoms with E-state index >= 15 is 0 Å². The molecule has 1 aromatic heterocycles. The average molecular weight is 265 g/mol. The third-order valence-electron chi connectivity index (χ3n) is 2.99. The van der Waals surface area contributed by atoms with E-state index in [1.165, 1.54) is 0 Å². The number of anilines is 2. The Morgan fingerprint density at radius 3 is 2.63 bits per heavy atom. The van der Waals surface area contributed by atoms with Crippen LogP contribution in [-0.2, 0) is 4.74 Å². The number of rotatable bonds is 2. The van der Waals surface area contributed by atoms with Crippen molar-refractivity contribution in [3.05, 3.63) is 11.8 Å². The van der Waals surface area contributed by atoms with Crippen LogP contribution in [0, 0.1) is 6.92 Å². The number of aromatic nitrogens is 2. The summed E-state index contributed by atoms with van der Waals surface area (Å²) in [7, 11) is 0. The predicted octanol–water partition coefficient (Wildman–Crippen LogP) is 0.646. The first-order valence-corrected chi connectivity index (χ1v) is 6.38. The first-order valence-electron chi connectivity index (χ1n) is 6.38. The lowest BCUT2D eigenvalue weighted by Gasteiger charge is -2.34. The van der Waals surface area contributed by atoms with Crippen LogP contribution in [0.4, 0.5) is 16.6 Å². The zero-order chi connectivity index (χ0) is 13.8. The highest BCUT2D eigenvalue weighted by Gasteiger charge is 2.22. The van der Waals surface area contributed by atoms with Gasteiger partial charge in [0.1, 0.15) is 5.82 Å². The van der Waals surface area contributed by atoms with E-state index in [-0.39, 0.29) is 12.0 Å². The molecule has 19 heavy (non-hydrogen) atoms. The molecule has 1 amide bonds. The summed E-state index contributed by atoms with van der Waals surface area (Å²) < 4.78 is 4.98. The number of piperazine rings is 1. The Labute approximate surface area is 112 Å². The lowest BCUT2D eigenvalue weighted by Crippen LogP contribution is -2.49. The third-order valence-corrected chi connectivity index (χ3v) is 2.99. The molecule has 0 atom stereocenters. The molecule has 7 heteroatoms. The molecule has 1 saturated heterocycles. The van der Waals surface area contributed by atoms with Crippen molar-refractivity contribution in [3.8, 4) is 0 Å². The van der Waals surface area contributed by atoms with E-state index in [0.29, 0.717) is 32.8 Å². The lowest BCUT2D eigenvalue weighted by molar-refractivity contribution is 0.105. The number of hydrogen-bond acceptors (Lipinski definition) is 6. The molecule has 0 bridgehead atoms. The second-order valence-electron chi connectivity index (χ2n) is 4.40. The molecule has 0 aromatic carbocycles. The lowest BCUT2D eigenvalue weighted by atomic mass is 10.3. The second-order valence-corrected chi connectivity index (χ2v) is 4.40. The van der Waals surface area contributed by atoms with Crippen molar-refractivity contribution in [2.45, 2.75) is 13.8 Å². The van der Waals surface area contributed by atoms with Crippen molar-refractivity contribution < 1.29 is 9.53 Å². The summed E-state index contributed by atoms with van der Waals surface area (Å²) in [5, 5.41) is 0. The van der Waals surface area contributed by atoms with E-state index in [2.05, 4.69) is 14.9 Å². The van der Waals surface area contributed by atoms with Gasteiger partial charge in [-0.25, -0.2) is 9.78 Å². The van der Waals surface area contributed by atoms with Crippen molar-refractivity contribution in [2.24, 2.45) is 0 Å². The number of carbonyl (C=O) groups excluding carboxylic acids is 1. The van der Waals surface area contributed by atoms with Crippen molar-refractivity contribution in [1.82, 2.24) is 14.9 Å². The summed E-state index contributed by atoms with van der Waals surface area (Å²) in [5.41, 5.74) is 6.49. The number of hydrogen-bond donors (Lipinski definition) is 1. The van der Waals surface area contributed by atoms with Gasteiger partial charge < -0.3 is 20.3 Å². The minimum Gasteiger partial charge on any atom is -0.450 e. The Balaban J connectivity index is 1.97. The van der Waals surface area contributed by atoms with Crippen LogP contribution in [0.1, 0.15) is 12.6 Å². The number of ether oxygens (including phenoxy) is 1. The maximum atomic E-state index is 11.6. The Kier molecular flexibility index (Phi) is 4.03. The zero-order valence-corrected chi connectivity index (χ0v) is 11.3. The van der Waals surface area contributed by atoms with Gasteiger partial charge in [-0.15, -0.1) is 0 Å². The van der Waals surface area contributed by atoms with Gasteiger partial charge in [-0.1, -0.05) is 0 Å². The maximum absolute atomic E-state index is 11.6. The van der Waals surface area contributed by atoms with Crippen molar-refractivity contribution in [1.29, 1.82) is 0 Å². The number of carbonyl (C=O) groups is 1. The Hall–Kier alpha value is -2.05. The van der Waals surface area contributed by atoms with Gasteiger partial charge in [0, 0.05) is 37.9 Å². The minimum atomic E-state index is -0.250. The summed E-state index contributed by atoms with van der Waals surface area (Å²) in [4.78, 5) is 23.7. The molecule has 2 rings (SSSR count). The topological polar surface area (TPSA) is 84.6 Å². The number of amides is 1. The Morgan fingerprint density at radius 2 is 2.05 bits per heavy atom. The molecule has 2 heterocycles. The molecule has 0 unspecified atom stereocenters. The highest BCUT2D eigenvalue weighted by Crippen LogP contribution is 2.16. The number of nitrogens with two attached hydrogens (primary N) is 1. The number of nitrogens with zero attached hydrogens (tertiary/aromatic N) is 4. The minimum absolute atomic E-state index is 0.250. The van der Waals surface area contributed by atoms with E-state index in [9.17, 15) is 4.79 Å². The fourth-order valence-electron chi connectivity index (χ4n) is 2.07. The molecule has 1 aliphatic rings. The third kappa shape index (κ3) is 3.24. The molecule has 104 valence electrons. The maximum Gasteiger partial charge on any atom is 0.409 e. The van der Waals surface area contributed by atoms with Gasteiger partial charge in [-0.2, -0.15) is 4.98 Å². The molecular formula is C12H19N5O2. The van der Waals surface area contributed by atoms with E-state index < -0.39 is 0 Å². The monoisotopic (exact) mass is 265 g/mol. The van der Waals surface area contributed by atoms with Crippen LogP contribution in [-0.4, -0.2) is 53.7 Å². The van der Waals surface area contributed by atoms with Gasteiger partial charge in [0.25, 0.3) is 0 Å². The molecule has 1 aliphatic heterocycles. The molecule has 2 N–H and O–H groups in total. The average Bonchev–Trinajstić information content (AvgIpc) is 2.38. The molecule has 7 nitrogen and oxygen atoms in total. The van der Waals surface area contributed by atoms with Crippen LogP contribution >= 0.6 is 0 Å². The molecule has 1 fully saturated rings. The molecule has 0 spiro atoms. The van der Waals surface area contributed by atoms with Crippen LogP contribution < -0.4 is 10.6 Å². The predicted molar refractivity (Wildman–Crippen MR) is 72.0 cm³/mol. The van der Waals surface area contributed by atoms with E-state index in [1.807, 2.05) is 13.0 Å². The van der Waals surface area contributed by atoms with Gasteiger partial charge in [0.2, 0.25) is 5.95 Å².